The SMILES string of the molecule is CN=C(NCCNc1ccccc1[N+](=O)[O-])NCc1ccc(COCC(F)(F)F)cc1. The molecule has 0 saturated heterocycles. The lowest BCUT2D eigenvalue weighted by molar-refractivity contribution is -0.384. The first-order valence-corrected chi connectivity index (χ1v) is 9.42. The number of anilines is 1. The molecule has 0 heterocycles. The summed E-state index contributed by atoms with van der Waals surface area (Å²) in [6.07, 6.45) is -4.34. The van der Waals surface area contributed by atoms with Gasteiger partial charge in [-0.1, -0.05) is 36.4 Å². The molecule has 0 fully saturated rings. The van der Waals surface area contributed by atoms with E-state index in [9.17, 15) is 23.3 Å². The summed E-state index contributed by atoms with van der Waals surface area (Å²) in [6, 6.07) is 13.4. The van der Waals surface area contributed by atoms with E-state index in [0.29, 0.717) is 36.8 Å². The van der Waals surface area contributed by atoms with E-state index in [-0.39, 0.29) is 12.3 Å². The smallest absolute Gasteiger partial charge is 0.378 e. The number of nitro groups is 1. The highest BCUT2D eigenvalue weighted by Crippen LogP contribution is 2.22. The van der Waals surface area contributed by atoms with Crippen molar-refractivity contribution in [3.05, 3.63) is 69.8 Å². The molecule has 31 heavy (non-hydrogen) atoms. The van der Waals surface area contributed by atoms with E-state index < -0.39 is 17.7 Å². The van der Waals surface area contributed by atoms with Gasteiger partial charge in [-0.15, -0.1) is 0 Å². The lowest BCUT2D eigenvalue weighted by atomic mass is 10.1. The third kappa shape index (κ3) is 8.91. The number of aliphatic imine (C=N–C) groups is 1. The molecule has 3 N–H and O–H groups in total. The number of alkyl halides is 3. The van der Waals surface area contributed by atoms with Gasteiger partial charge in [0.15, 0.2) is 5.96 Å². The van der Waals surface area contributed by atoms with Gasteiger partial charge in [-0.2, -0.15) is 13.2 Å². The zero-order chi connectivity index (χ0) is 22.7. The maximum atomic E-state index is 12.1. The quantitative estimate of drug-likeness (QED) is 0.172. The van der Waals surface area contributed by atoms with Gasteiger partial charge in [-0.05, 0) is 17.2 Å². The normalized spacial score (nSPS) is 11.8. The van der Waals surface area contributed by atoms with Crippen molar-refractivity contribution < 1.29 is 22.8 Å². The Balaban J connectivity index is 1.72. The van der Waals surface area contributed by atoms with Crippen LogP contribution in [-0.4, -0.2) is 43.8 Å². The molecular weight excluding hydrogens is 415 g/mol. The molecule has 2 rings (SSSR count). The van der Waals surface area contributed by atoms with Gasteiger partial charge in [0, 0.05) is 32.7 Å². The van der Waals surface area contributed by atoms with Crippen molar-refractivity contribution in [3.8, 4) is 0 Å². The highest BCUT2D eigenvalue weighted by atomic mass is 19.4. The van der Waals surface area contributed by atoms with Crippen molar-refractivity contribution in [2.75, 3.05) is 32.1 Å². The van der Waals surface area contributed by atoms with Crippen LogP contribution in [0.1, 0.15) is 11.1 Å². The van der Waals surface area contributed by atoms with E-state index in [1.165, 1.54) is 6.07 Å². The number of nitrogens with zero attached hydrogens (tertiary/aromatic N) is 2. The Morgan fingerprint density at radius 2 is 1.74 bits per heavy atom. The maximum absolute atomic E-state index is 12.1. The third-order valence-corrected chi connectivity index (χ3v) is 4.07. The fourth-order valence-electron chi connectivity index (χ4n) is 2.60. The number of ether oxygens (including phenoxy) is 1. The Labute approximate surface area is 177 Å². The van der Waals surface area contributed by atoms with Crippen LogP contribution in [0.25, 0.3) is 0 Å². The van der Waals surface area contributed by atoms with Crippen molar-refractivity contribution in [2.45, 2.75) is 19.3 Å². The van der Waals surface area contributed by atoms with Crippen LogP contribution < -0.4 is 16.0 Å². The van der Waals surface area contributed by atoms with E-state index in [4.69, 9.17) is 0 Å². The molecule has 11 heteroatoms. The van der Waals surface area contributed by atoms with Crippen LogP contribution >= 0.6 is 0 Å². The summed E-state index contributed by atoms with van der Waals surface area (Å²) in [7, 11) is 1.62. The van der Waals surface area contributed by atoms with E-state index in [1.807, 2.05) is 0 Å². The standard InChI is InChI=1S/C20H24F3N5O3/c1-24-19(26-11-10-25-17-4-2-3-5-18(17)28(29)30)27-12-15-6-8-16(9-7-15)13-31-14-20(21,22)23/h2-9,25H,10-14H2,1H3,(H2,24,26,27). The molecule has 0 unspecified atom stereocenters. The predicted octanol–water partition coefficient (Wildman–Crippen LogP) is 3.45. The molecular formula is C20H24F3N5O3. The molecule has 0 aromatic heterocycles. The van der Waals surface area contributed by atoms with Crippen LogP contribution in [0.3, 0.4) is 0 Å². The van der Waals surface area contributed by atoms with Crippen LogP contribution in [-0.2, 0) is 17.9 Å². The van der Waals surface area contributed by atoms with Crippen molar-refractivity contribution in [3.63, 3.8) is 0 Å². The van der Waals surface area contributed by atoms with Crippen molar-refractivity contribution >= 4 is 17.3 Å². The van der Waals surface area contributed by atoms with Crippen molar-refractivity contribution in [1.29, 1.82) is 0 Å². The largest absolute Gasteiger partial charge is 0.411 e. The van der Waals surface area contributed by atoms with Crippen LogP contribution in [0.15, 0.2) is 53.5 Å². The van der Waals surface area contributed by atoms with Gasteiger partial charge in [-0.3, -0.25) is 15.1 Å². The van der Waals surface area contributed by atoms with Crippen molar-refractivity contribution in [1.82, 2.24) is 10.6 Å². The van der Waals surface area contributed by atoms with E-state index in [0.717, 1.165) is 5.56 Å². The topological polar surface area (TPSA) is 101 Å². The summed E-state index contributed by atoms with van der Waals surface area (Å²) >= 11 is 0. The second-order valence-electron chi connectivity index (χ2n) is 6.48. The maximum Gasteiger partial charge on any atom is 0.411 e. The molecule has 0 amide bonds. The lowest BCUT2D eigenvalue weighted by Gasteiger charge is -2.13. The first-order valence-electron chi connectivity index (χ1n) is 9.42. The first kappa shape index (κ1) is 23.9. The Morgan fingerprint density at radius 3 is 2.39 bits per heavy atom. The number of nitrogens with one attached hydrogen (secondary N) is 3. The number of guanidine groups is 1. The monoisotopic (exact) mass is 439 g/mol. The van der Waals surface area contributed by atoms with E-state index in [2.05, 4.69) is 25.7 Å². The molecule has 0 saturated carbocycles. The molecule has 2 aromatic carbocycles. The van der Waals surface area contributed by atoms with E-state index >= 15 is 0 Å². The number of benzene rings is 2. The van der Waals surface area contributed by atoms with Gasteiger partial charge >= 0.3 is 6.18 Å². The Hall–Kier alpha value is -3.34. The van der Waals surface area contributed by atoms with Crippen LogP contribution in [0.4, 0.5) is 24.5 Å². The molecule has 0 bridgehead atoms. The molecule has 0 aliphatic heterocycles. The molecule has 168 valence electrons. The van der Waals surface area contributed by atoms with E-state index in [1.54, 1.807) is 49.5 Å². The number of rotatable bonds is 10. The zero-order valence-electron chi connectivity index (χ0n) is 16.9. The second-order valence-corrected chi connectivity index (χ2v) is 6.48. The minimum atomic E-state index is -4.34. The minimum Gasteiger partial charge on any atom is -0.378 e. The average molecular weight is 439 g/mol. The number of hydrogen-bond acceptors (Lipinski definition) is 5. The summed E-state index contributed by atoms with van der Waals surface area (Å²) < 4.78 is 40.9. The van der Waals surface area contributed by atoms with Gasteiger partial charge in [0.1, 0.15) is 12.3 Å². The molecule has 8 nitrogen and oxygen atoms in total. The molecule has 0 aliphatic rings. The molecule has 0 aliphatic carbocycles. The number of halogens is 3. The Bertz CT molecular complexity index is 873. The summed E-state index contributed by atoms with van der Waals surface area (Å²) in [6.45, 7) is -0.00583. The minimum absolute atomic E-state index is 0.0114. The Morgan fingerprint density at radius 1 is 1.06 bits per heavy atom. The van der Waals surface area contributed by atoms with Gasteiger partial charge in [0.25, 0.3) is 5.69 Å². The van der Waals surface area contributed by atoms with Gasteiger partial charge < -0.3 is 20.7 Å². The fraction of sp³-hybridized carbons (Fsp3) is 0.350. The number of para-hydroxylation sites is 2. The lowest BCUT2D eigenvalue weighted by Crippen LogP contribution is -2.39. The molecule has 0 radical (unpaired) electrons. The summed E-state index contributed by atoms with van der Waals surface area (Å²) in [5.41, 5.74) is 2.02. The highest BCUT2D eigenvalue weighted by Gasteiger charge is 2.27. The first-order chi connectivity index (χ1) is 14.8. The van der Waals surface area contributed by atoms with Gasteiger partial charge in [0.05, 0.1) is 11.5 Å². The molecule has 0 spiro atoms. The van der Waals surface area contributed by atoms with Gasteiger partial charge in [-0.25, -0.2) is 0 Å². The fourth-order valence-corrected chi connectivity index (χ4v) is 2.60. The zero-order valence-corrected chi connectivity index (χ0v) is 16.9. The van der Waals surface area contributed by atoms with Crippen LogP contribution in [0.2, 0.25) is 0 Å². The van der Waals surface area contributed by atoms with Crippen molar-refractivity contribution in [2.24, 2.45) is 4.99 Å². The number of hydrogen-bond donors (Lipinski definition) is 3. The molecule has 2 aromatic rings. The summed E-state index contributed by atoms with van der Waals surface area (Å²) in [4.78, 5) is 14.7. The van der Waals surface area contributed by atoms with Crippen LogP contribution in [0.5, 0.6) is 0 Å². The number of nitro benzene ring substituents is 1. The molecule has 0 atom stereocenters. The third-order valence-electron chi connectivity index (χ3n) is 4.07. The second kappa shape index (κ2) is 11.7. The summed E-state index contributed by atoms with van der Waals surface area (Å²) in [5.74, 6) is 0.543. The Kier molecular flexibility index (Phi) is 9.07. The average Bonchev–Trinajstić information content (AvgIpc) is 2.73. The predicted molar refractivity (Wildman–Crippen MR) is 112 cm³/mol. The highest BCUT2D eigenvalue weighted by molar-refractivity contribution is 5.79. The van der Waals surface area contributed by atoms with Crippen LogP contribution in [0, 0.1) is 10.1 Å². The van der Waals surface area contributed by atoms with Gasteiger partial charge in [0.2, 0.25) is 0 Å². The summed E-state index contributed by atoms with van der Waals surface area (Å²) in [5, 5.41) is 20.2.